The molecule has 0 spiro atoms. The average molecular weight is 392 g/mol. The fourth-order valence-electron chi connectivity index (χ4n) is 4.58. The fraction of sp³-hybridized carbons (Fsp3) is 0.417. The highest BCUT2D eigenvalue weighted by Gasteiger charge is 2.42. The fourth-order valence-corrected chi connectivity index (χ4v) is 4.58. The third-order valence-electron chi connectivity index (χ3n) is 6.07. The number of carbonyl (C=O) groups excluding carboxylic acids is 2. The Kier molecular flexibility index (Phi) is 5.84. The minimum absolute atomic E-state index is 0.0618. The zero-order valence-corrected chi connectivity index (χ0v) is 16.9. The lowest BCUT2D eigenvalue weighted by Crippen LogP contribution is -2.50. The molecule has 0 saturated carbocycles. The van der Waals surface area contributed by atoms with Gasteiger partial charge in [-0.2, -0.15) is 0 Å². The molecule has 4 rings (SSSR count). The van der Waals surface area contributed by atoms with E-state index in [1.165, 1.54) is 6.42 Å². The standard InChI is InChI=1S/C24H28N2O3/c1-29-20-12-10-19(11-13-20)26-22(27)15-14-21(23(26)18-8-4-2-5-9-18)24(28)25-16-6-3-7-17-25/h2,4-5,8-13,21,23H,3,6-7,14-17H2,1H3/t21-,23+/m0/s1. The normalized spacial score (nSPS) is 22.4. The monoisotopic (exact) mass is 392 g/mol. The third kappa shape index (κ3) is 4.00. The predicted octanol–water partition coefficient (Wildman–Crippen LogP) is 4.19. The van der Waals surface area contributed by atoms with E-state index in [9.17, 15) is 9.59 Å². The highest BCUT2D eigenvalue weighted by atomic mass is 16.5. The van der Waals surface area contributed by atoms with Crippen LogP contribution in [0.15, 0.2) is 54.6 Å². The Bertz CT molecular complexity index is 844. The van der Waals surface area contributed by atoms with Crippen molar-refractivity contribution in [3.63, 3.8) is 0 Å². The molecular formula is C24H28N2O3. The van der Waals surface area contributed by atoms with Crippen molar-refractivity contribution < 1.29 is 14.3 Å². The van der Waals surface area contributed by atoms with Gasteiger partial charge >= 0.3 is 0 Å². The van der Waals surface area contributed by atoms with Crippen LogP contribution in [0.3, 0.4) is 0 Å². The van der Waals surface area contributed by atoms with Crippen molar-refractivity contribution in [1.29, 1.82) is 0 Å². The molecule has 5 nitrogen and oxygen atoms in total. The minimum atomic E-state index is -0.291. The number of piperidine rings is 2. The number of anilines is 1. The Morgan fingerprint density at radius 2 is 1.66 bits per heavy atom. The predicted molar refractivity (Wildman–Crippen MR) is 113 cm³/mol. The number of hydrogen-bond donors (Lipinski definition) is 0. The molecule has 2 amide bonds. The second-order valence-electron chi connectivity index (χ2n) is 7.85. The zero-order valence-electron chi connectivity index (χ0n) is 16.9. The molecule has 5 heteroatoms. The molecule has 2 saturated heterocycles. The van der Waals surface area contributed by atoms with E-state index >= 15 is 0 Å². The van der Waals surface area contributed by atoms with Gasteiger partial charge in [-0.15, -0.1) is 0 Å². The molecule has 29 heavy (non-hydrogen) atoms. The molecule has 0 unspecified atom stereocenters. The van der Waals surface area contributed by atoms with Crippen LogP contribution in [0.25, 0.3) is 0 Å². The van der Waals surface area contributed by atoms with E-state index in [4.69, 9.17) is 4.74 Å². The summed E-state index contributed by atoms with van der Waals surface area (Å²) in [5, 5.41) is 0. The molecule has 2 aliphatic heterocycles. The van der Waals surface area contributed by atoms with Gasteiger partial charge < -0.3 is 14.5 Å². The van der Waals surface area contributed by atoms with Crippen molar-refractivity contribution in [3.8, 4) is 5.75 Å². The van der Waals surface area contributed by atoms with E-state index in [2.05, 4.69) is 0 Å². The molecule has 0 aliphatic carbocycles. The SMILES string of the molecule is COc1ccc(N2C(=O)CC[C@H](C(=O)N3CCCCC3)[C@H]2c2ccccc2)cc1. The van der Waals surface area contributed by atoms with Crippen molar-refractivity contribution in [2.75, 3.05) is 25.1 Å². The second-order valence-corrected chi connectivity index (χ2v) is 7.85. The van der Waals surface area contributed by atoms with Crippen LogP contribution < -0.4 is 9.64 Å². The van der Waals surface area contributed by atoms with Crippen molar-refractivity contribution in [2.45, 2.75) is 38.1 Å². The first kappa shape index (κ1) is 19.5. The van der Waals surface area contributed by atoms with E-state index in [1.54, 1.807) is 7.11 Å². The summed E-state index contributed by atoms with van der Waals surface area (Å²) < 4.78 is 5.27. The van der Waals surface area contributed by atoms with Crippen molar-refractivity contribution in [3.05, 3.63) is 60.2 Å². The maximum Gasteiger partial charge on any atom is 0.228 e. The Balaban J connectivity index is 1.72. The van der Waals surface area contributed by atoms with Crippen LogP contribution in [-0.4, -0.2) is 36.9 Å². The van der Waals surface area contributed by atoms with Crippen LogP contribution in [0.1, 0.15) is 43.7 Å². The number of hydrogen-bond acceptors (Lipinski definition) is 3. The van der Waals surface area contributed by atoms with Crippen LogP contribution >= 0.6 is 0 Å². The van der Waals surface area contributed by atoms with Gasteiger partial charge in [0.15, 0.2) is 0 Å². The average Bonchev–Trinajstić information content (AvgIpc) is 2.79. The van der Waals surface area contributed by atoms with Crippen LogP contribution in [0.2, 0.25) is 0 Å². The van der Waals surface area contributed by atoms with Gasteiger partial charge in [-0.25, -0.2) is 0 Å². The van der Waals surface area contributed by atoms with Gasteiger partial charge in [0.05, 0.1) is 19.1 Å². The van der Waals surface area contributed by atoms with E-state index in [1.807, 2.05) is 64.4 Å². The Labute approximate surface area is 172 Å². The van der Waals surface area contributed by atoms with E-state index in [0.29, 0.717) is 12.8 Å². The minimum Gasteiger partial charge on any atom is -0.497 e. The number of likely N-dealkylation sites (tertiary alicyclic amines) is 1. The summed E-state index contributed by atoms with van der Waals surface area (Å²) in [5.41, 5.74) is 1.81. The van der Waals surface area contributed by atoms with Gasteiger partial charge in [0, 0.05) is 25.2 Å². The summed E-state index contributed by atoms with van der Waals surface area (Å²) in [6.45, 7) is 1.65. The maximum atomic E-state index is 13.5. The molecule has 2 aliphatic rings. The van der Waals surface area contributed by atoms with Crippen LogP contribution in [0.5, 0.6) is 5.75 Å². The summed E-state index contributed by atoms with van der Waals surface area (Å²) in [4.78, 5) is 30.4. The first-order valence-corrected chi connectivity index (χ1v) is 10.5. The van der Waals surface area contributed by atoms with Crippen molar-refractivity contribution in [2.24, 2.45) is 5.92 Å². The second kappa shape index (κ2) is 8.68. The van der Waals surface area contributed by atoms with Gasteiger partial charge in [-0.1, -0.05) is 30.3 Å². The first-order valence-electron chi connectivity index (χ1n) is 10.5. The van der Waals surface area contributed by atoms with Gasteiger partial charge in [0.25, 0.3) is 0 Å². The lowest BCUT2D eigenvalue weighted by atomic mass is 9.82. The topological polar surface area (TPSA) is 49.9 Å². The molecule has 152 valence electrons. The van der Waals surface area contributed by atoms with Gasteiger partial charge in [-0.05, 0) is 55.5 Å². The number of nitrogens with zero attached hydrogens (tertiary/aromatic N) is 2. The van der Waals surface area contributed by atoms with E-state index in [0.717, 1.165) is 42.9 Å². The highest BCUT2D eigenvalue weighted by Crippen LogP contribution is 2.41. The number of rotatable bonds is 4. The molecule has 0 aromatic heterocycles. The quantitative estimate of drug-likeness (QED) is 0.784. The summed E-state index contributed by atoms with van der Waals surface area (Å²) >= 11 is 0. The smallest absolute Gasteiger partial charge is 0.228 e. The summed E-state index contributed by atoms with van der Waals surface area (Å²) in [6.07, 6.45) is 4.30. The van der Waals surface area contributed by atoms with Gasteiger partial charge in [0.1, 0.15) is 5.75 Å². The summed E-state index contributed by atoms with van der Waals surface area (Å²) in [5.74, 6) is 0.766. The molecule has 2 aromatic carbocycles. The van der Waals surface area contributed by atoms with E-state index < -0.39 is 0 Å². The Morgan fingerprint density at radius 1 is 0.966 bits per heavy atom. The van der Waals surface area contributed by atoms with Gasteiger partial charge in [-0.3, -0.25) is 9.59 Å². The van der Waals surface area contributed by atoms with Crippen molar-refractivity contribution in [1.82, 2.24) is 4.90 Å². The molecule has 0 radical (unpaired) electrons. The number of methoxy groups -OCH3 is 1. The van der Waals surface area contributed by atoms with Crippen LogP contribution in [0, 0.1) is 5.92 Å². The molecule has 2 heterocycles. The number of amides is 2. The lowest BCUT2D eigenvalue weighted by Gasteiger charge is -2.43. The van der Waals surface area contributed by atoms with E-state index in [-0.39, 0.29) is 23.8 Å². The lowest BCUT2D eigenvalue weighted by molar-refractivity contribution is -0.139. The van der Waals surface area contributed by atoms with Gasteiger partial charge in [0.2, 0.25) is 11.8 Å². The molecule has 0 N–H and O–H groups in total. The van der Waals surface area contributed by atoms with Crippen molar-refractivity contribution >= 4 is 17.5 Å². The maximum absolute atomic E-state index is 13.5. The Hall–Kier alpha value is -2.82. The molecular weight excluding hydrogens is 364 g/mol. The molecule has 2 atom stereocenters. The Morgan fingerprint density at radius 3 is 2.31 bits per heavy atom. The number of ether oxygens (including phenoxy) is 1. The first-order chi connectivity index (χ1) is 14.2. The zero-order chi connectivity index (χ0) is 20.2. The number of benzene rings is 2. The highest BCUT2D eigenvalue weighted by molar-refractivity contribution is 5.97. The van der Waals surface area contributed by atoms with Crippen LogP contribution in [-0.2, 0) is 9.59 Å². The number of carbonyl (C=O) groups is 2. The largest absolute Gasteiger partial charge is 0.497 e. The van der Waals surface area contributed by atoms with Crippen LogP contribution in [0.4, 0.5) is 5.69 Å². The molecule has 2 fully saturated rings. The summed E-state index contributed by atoms with van der Waals surface area (Å²) in [7, 11) is 1.63. The third-order valence-corrected chi connectivity index (χ3v) is 6.07. The molecule has 0 bridgehead atoms. The summed E-state index contributed by atoms with van der Waals surface area (Å²) in [6, 6.07) is 17.2. The molecule has 2 aromatic rings.